The molecule has 1 aliphatic heterocycles. The first-order valence-electron chi connectivity index (χ1n) is 6.44. The molecule has 1 unspecified atom stereocenters. The molecule has 2 rings (SSSR count). The van der Waals surface area contributed by atoms with Crippen LogP contribution < -0.4 is 10.5 Å². The summed E-state index contributed by atoms with van der Waals surface area (Å²) >= 11 is 5.06. The Labute approximate surface area is 118 Å². The highest BCUT2D eigenvalue weighted by Gasteiger charge is 2.21. The Hall–Kier alpha value is -1.20. The standard InChI is InChI=1S/C14H19FN2OS/c1-18-13-5-4-10(7-12(13)15)8-17-6-2-3-11(9-17)14(16)19/h4-5,7,11H,2-3,6,8-9H2,1H3,(H2,16,19). The average molecular weight is 282 g/mol. The number of hydrogen-bond donors (Lipinski definition) is 1. The quantitative estimate of drug-likeness (QED) is 0.860. The summed E-state index contributed by atoms with van der Waals surface area (Å²) in [5.74, 6) is 0.248. The lowest BCUT2D eigenvalue weighted by Gasteiger charge is -2.32. The number of hydrogen-bond acceptors (Lipinski definition) is 3. The van der Waals surface area contributed by atoms with Crippen molar-refractivity contribution in [1.29, 1.82) is 0 Å². The smallest absolute Gasteiger partial charge is 0.165 e. The van der Waals surface area contributed by atoms with E-state index in [-0.39, 0.29) is 17.5 Å². The number of thiocarbonyl (C=S) groups is 1. The van der Waals surface area contributed by atoms with Gasteiger partial charge in [-0.05, 0) is 37.1 Å². The van der Waals surface area contributed by atoms with Crippen LogP contribution in [0.4, 0.5) is 4.39 Å². The number of nitrogens with zero attached hydrogens (tertiary/aromatic N) is 1. The van der Waals surface area contributed by atoms with Crippen molar-refractivity contribution in [3.8, 4) is 5.75 Å². The number of benzene rings is 1. The van der Waals surface area contributed by atoms with Crippen LogP contribution in [0.2, 0.25) is 0 Å². The first-order chi connectivity index (χ1) is 9.10. The van der Waals surface area contributed by atoms with Crippen molar-refractivity contribution in [3.05, 3.63) is 29.6 Å². The fourth-order valence-electron chi connectivity index (χ4n) is 2.50. The van der Waals surface area contributed by atoms with E-state index >= 15 is 0 Å². The molecule has 0 bridgehead atoms. The summed E-state index contributed by atoms with van der Waals surface area (Å²) in [7, 11) is 1.47. The molecule has 104 valence electrons. The molecule has 0 radical (unpaired) electrons. The van der Waals surface area contributed by atoms with Crippen molar-refractivity contribution >= 4 is 17.2 Å². The molecule has 1 aromatic rings. The molecule has 0 spiro atoms. The lowest BCUT2D eigenvalue weighted by molar-refractivity contribution is 0.197. The summed E-state index contributed by atoms with van der Waals surface area (Å²) in [6.45, 7) is 2.59. The molecule has 0 saturated carbocycles. The highest BCUT2D eigenvalue weighted by molar-refractivity contribution is 7.80. The average Bonchev–Trinajstić information content (AvgIpc) is 2.39. The molecular weight excluding hydrogens is 263 g/mol. The van der Waals surface area contributed by atoms with E-state index in [1.54, 1.807) is 6.07 Å². The van der Waals surface area contributed by atoms with Crippen molar-refractivity contribution in [3.63, 3.8) is 0 Å². The number of ether oxygens (including phenoxy) is 1. The van der Waals surface area contributed by atoms with Gasteiger partial charge in [-0.1, -0.05) is 18.3 Å². The second-order valence-electron chi connectivity index (χ2n) is 4.95. The second kappa shape index (κ2) is 6.30. The van der Waals surface area contributed by atoms with Crippen molar-refractivity contribution < 1.29 is 9.13 Å². The van der Waals surface area contributed by atoms with E-state index in [4.69, 9.17) is 22.7 Å². The summed E-state index contributed by atoms with van der Waals surface area (Å²) in [5, 5.41) is 0. The summed E-state index contributed by atoms with van der Waals surface area (Å²) < 4.78 is 18.5. The lowest BCUT2D eigenvalue weighted by Crippen LogP contribution is -2.40. The van der Waals surface area contributed by atoms with Crippen LogP contribution in [-0.4, -0.2) is 30.1 Å². The van der Waals surface area contributed by atoms with Gasteiger partial charge in [-0.2, -0.15) is 0 Å². The number of halogens is 1. The van der Waals surface area contributed by atoms with Crippen molar-refractivity contribution in [2.24, 2.45) is 11.7 Å². The molecule has 1 saturated heterocycles. The van der Waals surface area contributed by atoms with Gasteiger partial charge in [0, 0.05) is 19.0 Å². The highest BCUT2D eigenvalue weighted by Crippen LogP contribution is 2.22. The maximum atomic E-state index is 13.6. The number of piperidine rings is 1. The van der Waals surface area contributed by atoms with Gasteiger partial charge in [0.15, 0.2) is 11.6 Å². The van der Waals surface area contributed by atoms with E-state index in [2.05, 4.69) is 4.90 Å². The number of rotatable bonds is 4. The molecule has 1 aromatic carbocycles. The van der Waals surface area contributed by atoms with Crippen molar-refractivity contribution in [1.82, 2.24) is 4.90 Å². The van der Waals surface area contributed by atoms with E-state index in [9.17, 15) is 4.39 Å². The van der Waals surface area contributed by atoms with Crippen LogP contribution in [0.5, 0.6) is 5.75 Å². The van der Waals surface area contributed by atoms with Crippen molar-refractivity contribution in [2.45, 2.75) is 19.4 Å². The molecule has 0 aromatic heterocycles. The topological polar surface area (TPSA) is 38.5 Å². The molecular formula is C14H19FN2OS. The summed E-state index contributed by atoms with van der Waals surface area (Å²) in [6, 6.07) is 5.09. The highest BCUT2D eigenvalue weighted by atomic mass is 32.1. The molecule has 1 aliphatic rings. The molecule has 0 aliphatic carbocycles. The Balaban J connectivity index is 2.00. The molecule has 3 nitrogen and oxygen atoms in total. The molecule has 2 N–H and O–H groups in total. The van der Waals surface area contributed by atoms with Crippen LogP contribution in [0, 0.1) is 11.7 Å². The third kappa shape index (κ3) is 3.64. The van der Waals surface area contributed by atoms with Gasteiger partial charge in [-0.15, -0.1) is 0 Å². The fourth-order valence-corrected chi connectivity index (χ4v) is 2.69. The monoisotopic (exact) mass is 282 g/mol. The minimum absolute atomic E-state index is 0.281. The summed E-state index contributed by atoms with van der Waals surface area (Å²) in [6.07, 6.45) is 2.14. The predicted molar refractivity (Wildman–Crippen MR) is 77.7 cm³/mol. The third-order valence-electron chi connectivity index (χ3n) is 3.53. The molecule has 1 heterocycles. The van der Waals surface area contributed by atoms with Crippen LogP contribution in [0.25, 0.3) is 0 Å². The van der Waals surface area contributed by atoms with Gasteiger partial charge in [0.2, 0.25) is 0 Å². The minimum atomic E-state index is -0.317. The maximum absolute atomic E-state index is 13.6. The normalized spacial score (nSPS) is 20.2. The Morgan fingerprint density at radius 2 is 2.37 bits per heavy atom. The van der Waals surface area contributed by atoms with Crippen molar-refractivity contribution in [2.75, 3.05) is 20.2 Å². The van der Waals surface area contributed by atoms with Gasteiger partial charge in [-0.3, -0.25) is 4.90 Å². The number of likely N-dealkylation sites (tertiary alicyclic amines) is 1. The Morgan fingerprint density at radius 3 is 3.00 bits per heavy atom. The molecule has 1 fully saturated rings. The predicted octanol–water partition coefficient (Wildman–Crippen LogP) is 2.33. The zero-order valence-corrected chi connectivity index (χ0v) is 11.9. The number of nitrogens with two attached hydrogens (primary N) is 1. The van der Waals surface area contributed by atoms with Crippen LogP contribution in [-0.2, 0) is 6.54 Å². The zero-order chi connectivity index (χ0) is 13.8. The molecule has 1 atom stereocenters. The van der Waals surface area contributed by atoms with Gasteiger partial charge in [0.05, 0.1) is 12.1 Å². The van der Waals surface area contributed by atoms with Gasteiger partial charge in [0.1, 0.15) is 0 Å². The van der Waals surface area contributed by atoms with E-state index < -0.39 is 0 Å². The Bertz CT molecular complexity index is 467. The minimum Gasteiger partial charge on any atom is -0.494 e. The van der Waals surface area contributed by atoms with E-state index in [1.165, 1.54) is 13.2 Å². The van der Waals surface area contributed by atoms with Gasteiger partial charge >= 0.3 is 0 Å². The van der Waals surface area contributed by atoms with Crippen LogP contribution in [0.3, 0.4) is 0 Å². The van der Waals surface area contributed by atoms with E-state index in [0.29, 0.717) is 4.99 Å². The largest absolute Gasteiger partial charge is 0.494 e. The van der Waals surface area contributed by atoms with Gasteiger partial charge < -0.3 is 10.5 Å². The fraction of sp³-hybridized carbons (Fsp3) is 0.500. The van der Waals surface area contributed by atoms with Crippen LogP contribution in [0.1, 0.15) is 18.4 Å². The zero-order valence-electron chi connectivity index (χ0n) is 11.1. The van der Waals surface area contributed by atoms with Crippen LogP contribution >= 0.6 is 12.2 Å². The van der Waals surface area contributed by atoms with E-state index in [0.717, 1.165) is 38.0 Å². The van der Waals surface area contributed by atoms with E-state index in [1.807, 2.05) is 6.07 Å². The third-order valence-corrected chi connectivity index (χ3v) is 3.86. The summed E-state index contributed by atoms with van der Waals surface area (Å²) in [4.78, 5) is 2.86. The maximum Gasteiger partial charge on any atom is 0.165 e. The second-order valence-corrected chi connectivity index (χ2v) is 5.42. The van der Waals surface area contributed by atoms with Gasteiger partial charge in [0.25, 0.3) is 0 Å². The van der Waals surface area contributed by atoms with Gasteiger partial charge in [-0.25, -0.2) is 4.39 Å². The molecule has 0 amide bonds. The molecule has 5 heteroatoms. The summed E-state index contributed by atoms with van der Waals surface area (Å²) in [5.41, 5.74) is 6.66. The lowest BCUT2D eigenvalue weighted by atomic mass is 9.97. The first kappa shape index (κ1) is 14.2. The Morgan fingerprint density at radius 1 is 1.58 bits per heavy atom. The molecule has 19 heavy (non-hydrogen) atoms. The first-order valence-corrected chi connectivity index (χ1v) is 6.85. The Kier molecular flexibility index (Phi) is 4.71. The SMILES string of the molecule is COc1ccc(CN2CCCC(C(N)=S)C2)cc1F. The van der Waals surface area contributed by atoms with Crippen LogP contribution in [0.15, 0.2) is 18.2 Å². The number of methoxy groups -OCH3 is 1.